The summed E-state index contributed by atoms with van der Waals surface area (Å²) in [6.45, 7) is 2.11. The molecule has 1 atom stereocenters. The lowest BCUT2D eigenvalue weighted by molar-refractivity contribution is 0.233. The van der Waals surface area contributed by atoms with Gasteiger partial charge < -0.3 is 5.11 Å². The Morgan fingerprint density at radius 2 is 1.55 bits per heavy atom. The van der Waals surface area contributed by atoms with Crippen LogP contribution in [0.4, 0.5) is 0 Å². The zero-order valence-electron chi connectivity index (χ0n) is 12.6. The highest BCUT2D eigenvalue weighted by molar-refractivity contribution is 5.87. The number of aliphatic hydroxyl groups is 1. The van der Waals surface area contributed by atoms with Gasteiger partial charge in [0, 0.05) is 6.42 Å². The summed E-state index contributed by atoms with van der Waals surface area (Å²) in [7, 11) is 0. The molecule has 1 N–H and O–H groups in total. The van der Waals surface area contributed by atoms with E-state index in [0.717, 1.165) is 5.56 Å². The molecule has 0 radical (unpaired) electrons. The van der Waals surface area contributed by atoms with Crippen molar-refractivity contribution in [2.75, 3.05) is 0 Å². The molecule has 0 fully saturated rings. The minimum atomic E-state index is -0.713. The van der Waals surface area contributed by atoms with E-state index in [1.165, 1.54) is 27.5 Å². The summed E-state index contributed by atoms with van der Waals surface area (Å²) in [4.78, 5) is 0. The predicted molar refractivity (Wildman–Crippen MR) is 92.7 cm³/mol. The van der Waals surface area contributed by atoms with Gasteiger partial charge in [-0.05, 0) is 40.5 Å². The number of terminal acetylenes is 1. The van der Waals surface area contributed by atoms with Crippen molar-refractivity contribution in [3.63, 3.8) is 0 Å². The van der Waals surface area contributed by atoms with Gasteiger partial charge >= 0.3 is 0 Å². The van der Waals surface area contributed by atoms with Gasteiger partial charge in [-0.3, -0.25) is 0 Å². The zero-order valence-corrected chi connectivity index (χ0v) is 12.6. The Labute approximate surface area is 131 Å². The molecule has 1 nitrogen and oxygen atoms in total. The first kappa shape index (κ1) is 14.4. The van der Waals surface area contributed by atoms with Gasteiger partial charge in [0.25, 0.3) is 0 Å². The van der Waals surface area contributed by atoms with Crippen LogP contribution < -0.4 is 0 Å². The van der Waals surface area contributed by atoms with E-state index in [0.29, 0.717) is 6.42 Å². The van der Waals surface area contributed by atoms with E-state index in [-0.39, 0.29) is 0 Å². The van der Waals surface area contributed by atoms with Crippen molar-refractivity contribution in [1.29, 1.82) is 0 Å². The van der Waals surface area contributed by atoms with Crippen molar-refractivity contribution in [2.45, 2.75) is 19.4 Å². The molecule has 0 saturated carbocycles. The largest absolute Gasteiger partial charge is 0.380 e. The second kappa shape index (κ2) is 6.05. The highest BCUT2D eigenvalue weighted by atomic mass is 16.3. The van der Waals surface area contributed by atoms with Crippen molar-refractivity contribution in [2.24, 2.45) is 0 Å². The average Bonchev–Trinajstić information content (AvgIpc) is 2.55. The maximum atomic E-state index is 9.50. The third kappa shape index (κ3) is 3.03. The Kier molecular flexibility index (Phi) is 3.96. The molecule has 22 heavy (non-hydrogen) atoms. The molecule has 1 unspecified atom stereocenters. The molecule has 0 aromatic heterocycles. The van der Waals surface area contributed by atoms with Crippen molar-refractivity contribution in [3.8, 4) is 23.5 Å². The fourth-order valence-corrected chi connectivity index (χ4v) is 2.66. The number of rotatable bonds is 3. The number of fused-ring (bicyclic) bond motifs is 1. The smallest absolute Gasteiger partial charge is 0.118 e. The van der Waals surface area contributed by atoms with Crippen LogP contribution in [0.3, 0.4) is 0 Å². The summed E-state index contributed by atoms with van der Waals surface area (Å²) in [6.07, 6.45) is 4.98. The van der Waals surface area contributed by atoms with Crippen molar-refractivity contribution < 1.29 is 5.11 Å². The first-order valence-electron chi connectivity index (χ1n) is 7.39. The van der Waals surface area contributed by atoms with E-state index >= 15 is 0 Å². The highest BCUT2D eigenvalue weighted by Crippen LogP contribution is 2.25. The van der Waals surface area contributed by atoms with Crippen molar-refractivity contribution >= 4 is 10.8 Å². The lowest BCUT2D eigenvalue weighted by Crippen LogP contribution is -2.06. The first-order chi connectivity index (χ1) is 10.7. The normalized spacial score (nSPS) is 12.0. The standard InChI is InChI=1S/C21H18O/c1-3-21(22)13-16-5-8-17(9-6-16)19-11-10-18-12-15(2)4-7-20(18)14-19/h1,4-12,14,21-22H,13H2,2H3. The van der Waals surface area contributed by atoms with Crippen LogP contribution in [0.25, 0.3) is 21.9 Å². The molecule has 108 valence electrons. The third-order valence-corrected chi connectivity index (χ3v) is 3.90. The third-order valence-electron chi connectivity index (χ3n) is 3.90. The monoisotopic (exact) mass is 286 g/mol. The molecule has 3 aromatic rings. The van der Waals surface area contributed by atoms with Gasteiger partial charge in [0.2, 0.25) is 0 Å². The topological polar surface area (TPSA) is 20.2 Å². The fraction of sp³-hybridized carbons (Fsp3) is 0.143. The molecular formula is C21H18O. The molecule has 0 bridgehead atoms. The van der Waals surface area contributed by atoms with E-state index in [2.05, 4.69) is 61.4 Å². The Bertz CT molecular complexity index is 838. The van der Waals surface area contributed by atoms with Gasteiger partial charge in [-0.25, -0.2) is 0 Å². The predicted octanol–water partition coefficient (Wildman–Crippen LogP) is 4.35. The molecule has 0 aliphatic heterocycles. The Hall–Kier alpha value is -2.56. The van der Waals surface area contributed by atoms with Crippen LogP contribution in [0.15, 0.2) is 60.7 Å². The van der Waals surface area contributed by atoms with E-state index in [1.807, 2.05) is 12.1 Å². The second-order valence-corrected chi connectivity index (χ2v) is 5.65. The minimum Gasteiger partial charge on any atom is -0.380 e. The van der Waals surface area contributed by atoms with Crippen LogP contribution in [0.5, 0.6) is 0 Å². The molecule has 0 spiro atoms. The van der Waals surface area contributed by atoms with Crippen LogP contribution >= 0.6 is 0 Å². The average molecular weight is 286 g/mol. The molecule has 1 heteroatoms. The number of benzene rings is 3. The van der Waals surface area contributed by atoms with Crippen LogP contribution in [0.2, 0.25) is 0 Å². The molecule has 0 amide bonds. The van der Waals surface area contributed by atoms with Gasteiger partial charge in [0.1, 0.15) is 6.10 Å². The number of aliphatic hydroxyl groups excluding tert-OH is 1. The molecule has 0 heterocycles. The SMILES string of the molecule is C#CC(O)Cc1ccc(-c2ccc3cc(C)ccc3c2)cc1. The summed E-state index contributed by atoms with van der Waals surface area (Å²) in [5, 5.41) is 12.0. The van der Waals surface area contributed by atoms with E-state index in [4.69, 9.17) is 6.42 Å². The minimum absolute atomic E-state index is 0.494. The molecular weight excluding hydrogens is 268 g/mol. The highest BCUT2D eigenvalue weighted by Gasteiger charge is 2.03. The molecule has 0 aliphatic rings. The molecule has 0 saturated heterocycles. The quantitative estimate of drug-likeness (QED) is 0.710. The van der Waals surface area contributed by atoms with Gasteiger partial charge in [0.05, 0.1) is 0 Å². The lowest BCUT2D eigenvalue weighted by atomic mass is 9.98. The number of hydrogen-bond donors (Lipinski definition) is 1. The summed E-state index contributed by atoms with van der Waals surface area (Å²) < 4.78 is 0. The number of aryl methyl sites for hydroxylation is 1. The molecule has 3 aromatic carbocycles. The van der Waals surface area contributed by atoms with Gasteiger partial charge in [-0.2, -0.15) is 0 Å². The van der Waals surface area contributed by atoms with Crippen molar-refractivity contribution in [1.82, 2.24) is 0 Å². The summed E-state index contributed by atoms with van der Waals surface area (Å²) in [6, 6.07) is 21.2. The second-order valence-electron chi connectivity index (χ2n) is 5.65. The Balaban J connectivity index is 1.91. The Morgan fingerprint density at radius 1 is 0.909 bits per heavy atom. The van der Waals surface area contributed by atoms with Gasteiger partial charge in [0.15, 0.2) is 0 Å². The van der Waals surface area contributed by atoms with Crippen LogP contribution in [0, 0.1) is 19.3 Å². The van der Waals surface area contributed by atoms with Crippen LogP contribution in [0.1, 0.15) is 11.1 Å². The van der Waals surface area contributed by atoms with E-state index in [9.17, 15) is 5.11 Å². The van der Waals surface area contributed by atoms with Gasteiger partial charge in [-0.15, -0.1) is 6.42 Å². The summed E-state index contributed by atoms with van der Waals surface area (Å²) >= 11 is 0. The van der Waals surface area contributed by atoms with Crippen LogP contribution in [-0.4, -0.2) is 11.2 Å². The fourth-order valence-electron chi connectivity index (χ4n) is 2.66. The molecule has 0 aliphatic carbocycles. The van der Waals surface area contributed by atoms with Gasteiger partial charge in [-0.1, -0.05) is 66.1 Å². The first-order valence-corrected chi connectivity index (χ1v) is 7.39. The van der Waals surface area contributed by atoms with E-state index in [1.54, 1.807) is 0 Å². The van der Waals surface area contributed by atoms with Crippen LogP contribution in [-0.2, 0) is 6.42 Å². The summed E-state index contributed by atoms with van der Waals surface area (Å²) in [5.41, 5.74) is 4.68. The van der Waals surface area contributed by atoms with E-state index < -0.39 is 6.10 Å². The maximum absolute atomic E-state index is 9.50. The Morgan fingerprint density at radius 3 is 2.27 bits per heavy atom. The number of hydrogen-bond acceptors (Lipinski definition) is 1. The van der Waals surface area contributed by atoms with Crippen molar-refractivity contribution in [3.05, 3.63) is 71.8 Å². The lowest BCUT2D eigenvalue weighted by Gasteiger charge is -2.07. The molecule has 3 rings (SSSR count). The summed E-state index contributed by atoms with van der Waals surface area (Å²) in [5.74, 6) is 2.34. The maximum Gasteiger partial charge on any atom is 0.118 e. The zero-order chi connectivity index (χ0) is 15.5.